The molecule has 3 rings (SSSR count). The quantitative estimate of drug-likeness (QED) is 0.467. The summed E-state index contributed by atoms with van der Waals surface area (Å²) >= 11 is 11.7. The molecule has 0 unspecified atom stereocenters. The van der Waals surface area contributed by atoms with Gasteiger partial charge in [0.1, 0.15) is 11.5 Å². The van der Waals surface area contributed by atoms with Gasteiger partial charge in [-0.3, -0.25) is 0 Å². The molecule has 0 aliphatic carbocycles. The van der Waals surface area contributed by atoms with Crippen molar-refractivity contribution in [2.75, 3.05) is 26.6 Å². The van der Waals surface area contributed by atoms with Crippen LogP contribution in [0.3, 0.4) is 0 Å². The zero-order valence-electron chi connectivity index (χ0n) is 17.0. The van der Waals surface area contributed by atoms with Gasteiger partial charge in [-0.1, -0.05) is 11.6 Å². The summed E-state index contributed by atoms with van der Waals surface area (Å²) in [6.45, 7) is 0.938. The van der Waals surface area contributed by atoms with E-state index in [9.17, 15) is 0 Å². The molecule has 0 atom stereocenters. The number of rotatable bonds is 8. The van der Waals surface area contributed by atoms with Gasteiger partial charge in [0, 0.05) is 28.9 Å². The van der Waals surface area contributed by atoms with Crippen molar-refractivity contribution in [1.29, 1.82) is 0 Å². The van der Waals surface area contributed by atoms with E-state index in [1.54, 1.807) is 45.8 Å². The van der Waals surface area contributed by atoms with E-state index in [0.717, 1.165) is 17.0 Å². The van der Waals surface area contributed by atoms with Gasteiger partial charge >= 0.3 is 0 Å². The van der Waals surface area contributed by atoms with Crippen molar-refractivity contribution >= 4 is 34.6 Å². The van der Waals surface area contributed by atoms with Crippen LogP contribution in [0.5, 0.6) is 17.2 Å². The number of furan rings is 1. The lowest BCUT2D eigenvalue weighted by Gasteiger charge is -2.26. The Morgan fingerprint density at radius 2 is 1.63 bits per heavy atom. The van der Waals surface area contributed by atoms with Crippen LogP contribution in [0.15, 0.2) is 59.2 Å². The summed E-state index contributed by atoms with van der Waals surface area (Å²) in [5, 5.41) is 4.44. The lowest BCUT2D eigenvalue weighted by atomic mass is 10.1. The minimum Gasteiger partial charge on any atom is -0.496 e. The highest BCUT2D eigenvalue weighted by atomic mass is 35.5. The van der Waals surface area contributed by atoms with Crippen LogP contribution in [0.2, 0.25) is 5.02 Å². The SMILES string of the molecule is COc1cc(OC)c(OC)cc1CN(Cc1ccco1)C(=S)Nc1ccc(Cl)cc1. The van der Waals surface area contributed by atoms with Crippen LogP contribution in [0.1, 0.15) is 11.3 Å². The molecule has 0 saturated carbocycles. The first-order valence-corrected chi connectivity index (χ1v) is 9.95. The summed E-state index contributed by atoms with van der Waals surface area (Å²) in [7, 11) is 4.80. The lowest BCUT2D eigenvalue weighted by molar-refractivity contribution is 0.334. The zero-order chi connectivity index (χ0) is 21.5. The largest absolute Gasteiger partial charge is 0.496 e. The predicted molar refractivity (Wildman–Crippen MR) is 122 cm³/mol. The maximum absolute atomic E-state index is 5.98. The van der Waals surface area contributed by atoms with E-state index in [1.807, 2.05) is 35.2 Å². The monoisotopic (exact) mass is 446 g/mol. The van der Waals surface area contributed by atoms with Gasteiger partial charge in [0.2, 0.25) is 0 Å². The Morgan fingerprint density at radius 3 is 2.23 bits per heavy atom. The highest BCUT2D eigenvalue weighted by Gasteiger charge is 2.18. The van der Waals surface area contributed by atoms with Crippen molar-refractivity contribution < 1.29 is 18.6 Å². The second-order valence-corrected chi connectivity index (χ2v) is 7.21. The average molecular weight is 447 g/mol. The Labute approximate surface area is 186 Å². The fraction of sp³-hybridized carbons (Fsp3) is 0.227. The Bertz CT molecular complexity index is 978. The molecule has 0 fully saturated rings. The van der Waals surface area contributed by atoms with Gasteiger partial charge in [0.15, 0.2) is 16.6 Å². The van der Waals surface area contributed by atoms with E-state index >= 15 is 0 Å². The van der Waals surface area contributed by atoms with Crippen molar-refractivity contribution in [2.24, 2.45) is 0 Å². The van der Waals surface area contributed by atoms with Crippen LogP contribution in [0, 0.1) is 0 Å². The molecule has 30 heavy (non-hydrogen) atoms. The van der Waals surface area contributed by atoms with E-state index in [2.05, 4.69) is 5.32 Å². The number of hydrogen-bond acceptors (Lipinski definition) is 5. The third-order valence-corrected chi connectivity index (χ3v) is 5.07. The molecule has 0 aliphatic heterocycles. The number of methoxy groups -OCH3 is 3. The number of benzene rings is 2. The van der Waals surface area contributed by atoms with Gasteiger partial charge in [-0.15, -0.1) is 0 Å². The zero-order valence-corrected chi connectivity index (χ0v) is 18.5. The van der Waals surface area contributed by atoms with Crippen LogP contribution in [-0.4, -0.2) is 31.3 Å². The molecule has 8 heteroatoms. The summed E-state index contributed by atoms with van der Waals surface area (Å²) in [5.74, 6) is 2.67. The summed E-state index contributed by atoms with van der Waals surface area (Å²) in [4.78, 5) is 1.98. The Morgan fingerprint density at radius 1 is 0.967 bits per heavy atom. The number of halogens is 1. The van der Waals surface area contributed by atoms with Gasteiger partial charge in [0.05, 0.1) is 34.1 Å². The third kappa shape index (κ3) is 5.37. The van der Waals surface area contributed by atoms with Crippen LogP contribution < -0.4 is 19.5 Å². The van der Waals surface area contributed by atoms with Crippen LogP contribution in [0.25, 0.3) is 0 Å². The van der Waals surface area contributed by atoms with Crippen molar-refractivity contribution in [1.82, 2.24) is 4.90 Å². The van der Waals surface area contributed by atoms with E-state index in [0.29, 0.717) is 40.5 Å². The van der Waals surface area contributed by atoms with Crippen molar-refractivity contribution in [3.05, 3.63) is 71.1 Å². The molecule has 1 N–H and O–H groups in total. The molecule has 158 valence electrons. The van der Waals surface area contributed by atoms with Gasteiger partial charge < -0.3 is 28.8 Å². The van der Waals surface area contributed by atoms with Gasteiger partial charge in [0.25, 0.3) is 0 Å². The first-order valence-electron chi connectivity index (χ1n) is 9.16. The topological polar surface area (TPSA) is 56.1 Å². The number of anilines is 1. The summed E-state index contributed by atoms with van der Waals surface area (Å²) in [5.41, 5.74) is 1.73. The van der Waals surface area contributed by atoms with Crippen molar-refractivity contribution in [3.63, 3.8) is 0 Å². The van der Waals surface area contributed by atoms with Crippen LogP contribution in [-0.2, 0) is 13.1 Å². The fourth-order valence-corrected chi connectivity index (χ4v) is 3.32. The minimum absolute atomic E-state index is 0.462. The maximum atomic E-state index is 5.98. The van der Waals surface area contributed by atoms with Gasteiger partial charge in [-0.05, 0) is 54.7 Å². The molecule has 1 heterocycles. The second-order valence-electron chi connectivity index (χ2n) is 6.39. The summed E-state index contributed by atoms with van der Waals surface area (Å²) in [6.07, 6.45) is 1.64. The molecule has 1 aromatic heterocycles. The van der Waals surface area contributed by atoms with E-state index in [4.69, 9.17) is 42.4 Å². The molecule has 3 aromatic rings. The molecular weight excluding hydrogens is 424 g/mol. The Kier molecular flexibility index (Phi) is 7.43. The van der Waals surface area contributed by atoms with Gasteiger partial charge in [-0.2, -0.15) is 0 Å². The first-order chi connectivity index (χ1) is 14.5. The molecule has 0 radical (unpaired) electrons. The Hall–Kier alpha value is -2.90. The van der Waals surface area contributed by atoms with Crippen molar-refractivity contribution in [2.45, 2.75) is 13.1 Å². The normalized spacial score (nSPS) is 10.4. The molecule has 0 amide bonds. The minimum atomic E-state index is 0.462. The highest BCUT2D eigenvalue weighted by Crippen LogP contribution is 2.35. The summed E-state index contributed by atoms with van der Waals surface area (Å²) in [6, 6.07) is 14.8. The van der Waals surface area contributed by atoms with E-state index < -0.39 is 0 Å². The standard InChI is InChI=1S/C22H23ClN2O4S/c1-26-19-12-21(28-3)20(27-2)11-15(19)13-25(14-18-5-4-10-29-18)22(30)24-17-8-6-16(23)7-9-17/h4-12H,13-14H2,1-3H3,(H,24,30). The second kappa shape index (κ2) is 10.2. The van der Waals surface area contributed by atoms with E-state index in [1.165, 1.54) is 0 Å². The van der Waals surface area contributed by atoms with Crippen molar-refractivity contribution in [3.8, 4) is 17.2 Å². The first kappa shape index (κ1) is 21.8. The van der Waals surface area contributed by atoms with E-state index in [-0.39, 0.29) is 0 Å². The fourth-order valence-electron chi connectivity index (χ4n) is 2.95. The smallest absolute Gasteiger partial charge is 0.174 e. The number of nitrogens with zero attached hydrogens (tertiary/aromatic N) is 1. The highest BCUT2D eigenvalue weighted by molar-refractivity contribution is 7.80. The molecule has 0 aliphatic rings. The number of nitrogens with one attached hydrogen (secondary N) is 1. The maximum Gasteiger partial charge on any atom is 0.174 e. The molecule has 6 nitrogen and oxygen atoms in total. The number of thiocarbonyl (C=S) groups is 1. The molecule has 0 bridgehead atoms. The number of hydrogen-bond donors (Lipinski definition) is 1. The van der Waals surface area contributed by atoms with Crippen LogP contribution in [0.4, 0.5) is 5.69 Å². The van der Waals surface area contributed by atoms with Crippen LogP contribution >= 0.6 is 23.8 Å². The molecule has 0 saturated heterocycles. The molecular formula is C22H23ClN2O4S. The third-order valence-electron chi connectivity index (χ3n) is 4.46. The summed E-state index contributed by atoms with van der Waals surface area (Å²) < 4.78 is 21.9. The average Bonchev–Trinajstić information content (AvgIpc) is 3.27. The van der Waals surface area contributed by atoms with Gasteiger partial charge in [-0.25, -0.2) is 0 Å². The lowest BCUT2D eigenvalue weighted by Crippen LogP contribution is -2.33. The molecule has 0 spiro atoms. The molecule has 2 aromatic carbocycles. The Balaban J connectivity index is 1.88. The predicted octanol–water partition coefficient (Wildman–Crippen LogP) is 5.36. The number of ether oxygens (including phenoxy) is 3.